The van der Waals surface area contributed by atoms with Crippen molar-refractivity contribution in [2.75, 3.05) is 0 Å². The van der Waals surface area contributed by atoms with Crippen LogP contribution in [0, 0.1) is 6.92 Å². The average molecular weight is 313 g/mol. The van der Waals surface area contributed by atoms with E-state index in [1.54, 1.807) is 29.5 Å². The molecule has 21 heavy (non-hydrogen) atoms. The first-order valence-corrected chi connectivity index (χ1v) is 7.81. The summed E-state index contributed by atoms with van der Waals surface area (Å²) in [5.41, 5.74) is 1.74. The number of hydrogen-bond acceptors (Lipinski definition) is 2. The van der Waals surface area contributed by atoms with E-state index in [-0.39, 0.29) is 5.78 Å². The minimum atomic E-state index is -0.0718. The Morgan fingerprint density at radius 3 is 2.57 bits per heavy atom. The molecule has 0 saturated heterocycles. The first-order chi connectivity index (χ1) is 10.2. The van der Waals surface area contributed by atoms with Crippen LogP contribution in [0.3, 0.4) is 0 Å². The van der Waals surface area contributed by atoms with Crippen LogP contribution in [-0.2, 0) is 0 Å². The lowest BCUT2D eigenvalue weighted by Gasteiger charge is -1.98. The summed E-state index contributed by atoms with van der Waals surface area (Å²) in [4.78, 5) is 13.3. The third-order valence-corrected chi connectivity index (χ3v) is 4.97. The van der Waals surface area contributed by atoms with Gasteiger partial charge in [-0.2, -0.15) is 0 Å². The highest BCUT2D eigenvalue weighted by Gasteiger charge is 2.08. The molecule has 0 aliphatic heterocycles. The minimum absolute atomic E-state index is 0.0718. The van der Waals surface area contributed by atoms with Crippen molar-refractivity contribution in [3.05, 3.63) is 75.6 Å². The van der Waals surface area contributed by atoms with E-state index in [1.165, 1.54) is 15.6 Å². The van der Waals surface area contributed by atoms with E-state index in [2.05, 4.69) is 19.1 Å². The molecule has 1 aromatic heterocycles. The number of ketones is 1. The topological polar surface area (TPSA) is 17.1 Å². The Kier molecular flexibility index (Phi) is 3.91. The molecule has 1 nitrogen and oxygen atoms in total. The number of carbonyl (C=O) groups is 1. The molecule has 2 aromatic carbocycles. The van der Waals surface area contributed by atoms with Crippen LogP contribution in [0.15, 0.2) is 54.6 Å². The molecule has 0 aliphatic carbocycles. The van der Waals surface area contributed by atoms with Gasteiger partial charge in [-0.3, -0.25) is 4.79 Å². The summed E-state index contributed by atoms with van der Waals surface area (Å²) in [7, 11) is 0. The Morgan fingerprint density at radius 1 is 1.10 bits per heavy atom. The van der Waals surface area contributed by atoms with Crippen molar-refractivity contribution in [2.45, 2.75) is 6.92 Å². The maximum Gasteiger partial charge on any atom is 0.187 e. The van der Waals surface area contributed by atoms with Crippen molar-refractivity contribution >= 4 is 44.9 Å². The fourth-order valence-corrected chi connectivity index (χ4v) is 3.60. The van der Waals surface area contributed by atoms with Crippen LogP contribution in [0.1, 0.15) is 20.8 Å². The predicted octanol–water partition coefficient (Wildman–Crippen LogP) is 5.76. The summed E-state index contributed by atoms with van der Waals surface area (Å²) in [5.74, 6) is -0.0718. The molecule has 3 heteroatoms. The average Bonchev–Trinajstić information content (AvgIpc) is 2.82. The molecule has 3 rings (SSSR count). The van der Waals surface area contributed by atoms with Gasteiger partial charge in [0.15, 0.2) is 5.78 Å². The first kappa shape index (κ1) is 14.1. The highest BCUT2D eigenvalue weighted by atomic mass is 35.5. The van der Waals surface area contributed by atoms with E-state index >= 15 is 0 Å². The zero-order valence-corrected chi connectivity index (χ0v) is 13.0. The van der Waals surface area contributed by atoms with Crippen molar-refractivity contribution < 1.29 is 4.79 Å². The van der Waals surface area contributed by atoms with E-state index in [4.69, 9.17) is 11.6 Å². The monoisotopic (exact) mass is 312 g/mol. The van der Waals surface area contributed by atoms with E-state index in [0.717, 1.165) is 4.88 Å². The Bertz CT molecular complexity index is 845. The lowest BCUT2D eigenvalue weighted by Crippen LogP contribution is -1.94. The maximum absolute atomic E-state index is 12.2. The Morgan fingerprint density at radius 2 is 1.81 bits per heavy atom. The minimum Gasteiger partial charge on any atom is -0.289 e. The van der Waals surface area contributed by atoms with Crippen molar-refractivity contribution in [3.8, 4) is 0 Å². The summed E-state index contributed by atoms with van der Waals surface area (Å²) < 4.78 is 1.24. The van der Waals surface area contributed by atoms with Gasteiger partial charge in [0.1, 0.15) is 0 Å². The summed E-state index contributed by atoms with van der Waals surface area (Å²) in [6.07, 6.45) is 3.48. The molecule has 0 amide bonds. The maximum atomic E-state index is 12.2. The molecule has 3 aromatic rings. The number of thiophene rings is 1. The van der Waals surface area contributed by atoms with Gasteiger partial charge < -0.3 is 0 Å². The van der Waals surface area contributed by atoms with E-state index in [1.807, 2.05) is 30.3 Å². The highest BCUT2D eigenvalue weighted by molar-refractivity contribution is 7.20. The molecular formula is C18H13ClOS. The number of allylic oxidation sites excluding steroid dienone is 1. The summed E-state index contributed by atoms with van der Waals surface area (Å²) in [5, 5.41) is 1.73. The fraction of sp³-hybridized carbons (Fsp3) is 0.0556. The van der Waals surface area contributed by atoms with Crippen LogP contribution in [0.2, 0.25) is 5.02 Å². The summed E-state index contributed by atoms with van der Waals surface area (Å²) in [6.45, 7) is 2.08. The summed E-state index contributed by atoms with van der Waals surface area (Å²) >= 11 is 7.74. The number of fused-ring (bicyclic) bond motifs is 1. The van der Waals surface area contributed by atoms with Gasteiger partial charge in [0.2, 0.25) is 0 Å². The highest BCUT2D eigenvalue weighted by Crippen LogP contribution is 2.31. The molecule has 0 radical (unpaired) electrons. The van der Waals surface area contributed by atoms with E-state index in [0.29, 0.717) is 10.6 Å². The van der Waals surface area contributed by atoms with Gasteiger partial charge in [0, 0.05) is 15.1 Å². The first-order valence-electron chi connectivity index (χ1n) is 6.62. The molecule has 0 unspecified atom stereocenters. The zero-order chi connectivity index (χ0) is 14.8. The van der Waals surface area contributed by atoms with Crippen LogP contribution in [0.25, 0.3) is 16.2 Å². The van der Waals surface area contributed by atoms with Gasteiger partial charge in [-0.05, 0) is 48.2 Å². The second kappa shape index (κ2) is 5.84. The fourth-order valence-electron chi connectivity index (χ4n) is 2.25. The summed E-state index contributed by atoms with van der Waals surface area (Å²) in [6, 6.07) is 15.4. The number of aryl methyl sites for hydroxylation is 1. The van der Waals surface area contributed by atoms with E-state index < -0.39 is 0 Å². The van der Waals surface area contributed by atoms with E-state index in [9.17, 15) is 4.79 Å². The number of halogens is 1. The molecule has 1 heterocycles. The lowest BCUT2D eigenvalue weighted by molar-refractivity contribution is 0.104. The lowest BCUT2D eigenvalue weighted by atomic mass is 10.1. The van der Waals surface area contributed by atoms with Crippen LogP contribution in [0.5, 0.6) is 0 Å². The molecule has 0 spiro atoms. The SMILES string of the molecule is Cc1c(/C=C\C(=O)c2ccccc2Cl)sc2ccccc12. The second-order valence-electron chi connectivity index (χ2n) is 4.76. The molecular weight excluding hydrogens is 300 g/mol. The second-order valence-corrected chi connectivity index (χ2v) is 6.26. The third kappa shape index (κ3) is 2.78. The van der Waals surface area contributed by atoms with Crippen LogP contribution < -0.4 is 0 Å². The van der Waals surface area contributed by atoms with Crippen molar-refractivity contribution in [1.29, 1.82) is 0 Å². The molecule has 0 atom stereocenters. The van der Waals surface area contributed by atoms with Crippen molar-refractivity contribution in [2.24, 2.45) is 0 Å². The molecule has 0 N–H and O–H groups in total. The number of rotatable bonds is 3. The Hall–Kier alpha value is -1.90. The van der Waals surface area contributed by atoms with Crippen molar-refractivity contribution in [1.82, 2.24) is 0 Å². The largest absolute Gasteiger partial charge is 0.289 e. The van der Waals surface area contributed by atoms with Gasteiger partial charge in [-0.1, -0.05) is 41.9 Å². The van der Waals surface area contributed by atoms with Gasteiger partial charge in [-0.15, -0.1) is 11.3 Å². The number of carbonyl (C=O) groups excluding carboxylic acids is 1. The Labute approximate surface area is 132 Å². The molecule has 0 aliphatic rings. The zero-order valence-electron chi connectivity index (χ0n) is 11.5. The van der Waals surface area contributed by atoms with Crippen LogP contribution in [0.4, 0.5) is 0 Å². The quantitative estimate of drug-likeness (QED) is 0.444. The molecule has 0 fully saturated rings. The standard InChI is InChI=1S/C18H13ClOS/c1-12-13-6-3-5-9-18(13)21-17(12)11-10-16(20)14-7-2-4-8-15(14)19/h2-11H,1H3/b11-10-. The molecule has 0 saturated carbocycles. The van der Waals surface area contributed by atoms with Crippen molar-refractivity contribution in [3.63, 3.8) is 0 Å². The van der Waals surface area contributed by atoms with Crippen LogP contribution in [-0.4, -0.2) is 5.78 Å². The third-order valence-electron chi connectivity index (χ3n) is 3.41. The normalized spacial score (nSPS) is 11.3. The predicted molar refractivity (Wildman–Crippen MR) is 91.4 cm³/mol. The molecule has 0 bridgehead atoms. The molecule has 104 valence electrons. The van der Waals surface area contributed by atoms with Gasteiger partial charge >= 0.3 is 0 Å². The smallest absolute Gasteiger partial charge is 0.187 e. The number of benzene rings is 2. The number of hydrogen-bond donors (Lipinski definition) is 0. The van der Waals surface area contributed by atoms with Gasteiger partial charge in [0.05, 0.1) is 5.02 Å². The Balaban J connectivity index is 1.93. The van der Waals surface area contributed by atoms with Gasteiger partial charge in [0.25, 0.3) is 0 Å². The van der Waals surface area contributed by atoms with Crippen LogP contribution >= 0.6 is 22.9 Å². The van der Waals surface area contributed by atoms with Gasteiger partial charge in [-0.25, -0.2) is 0 Å².